The first-order valence-corrected chi connectivity index (χ1v) is 6.41. The SMILES string of the molecule is C.Nc1ccc(Cl)c(Br)n1.Nc1cccc(Br)n1. The molecule has 0 aliphatic rings. The van der Waals surface area contributed by atoms with E-state index in [9.17, 15) is 0 Å². The monoisotopic (exact) mass is 394 g/mol. The third-order valence-corrected chi connectivity index (χ3v) is 3.14. The second-order valence-corrected chi connectivity index (χ2v) is 4.86. The molecule has 98 valence electrons. The van der Waals surface area contributed by atoms with Crippen LogP contribution in [-0.4, -0.2) is 9.97 Å². The molecule has 2 rings (SSSR count). The Morgan fingerprint density at radius 2 is 1.56 bits per heavy atom. The van der Waals surface area contributed by atoms with Crippen molar-refractivity contribution in [1.29, 1.82) is 0 Å². The van der Waals surface area contributed by atoms with E-state index in [-0.39, 0.29) is 7.43 Å². The molecule has 0 radical (unpaired) electrons. The maximum absolute atomic E-state index is 5.62. The quantitative estimate of drug-likeness (QED) is 0.656. The fourth-order valence-corrected chi connectivity index (χ4v) is 1.65. The van der Waals surface area contributed by atoms with Gasteiger partial charge in [-0.2, -0.15) is 0 Å². The molecule has 0 saturated heterocycles. The zero-order valence-corrected chi connectivity index (χ0v) is 12.5. The van der Waals surface area contributed by atoms with Crippen molar-refractivity contribution in [3.8, 4) is 0 Å². The van der Waals surface area contributed by atoms with Crippen LogP contribution in [0.5, 0.6) is 0 Å². The lowest BCUT2D eigenvalue weighted by atomic mass is 10.5. The summed E-state index contributed by atoms with van der Waals surface area (Å²) < 4.78 is 1.36. The van der Waals surface area contributed by atoms with E-state index in [1.54, 1.807) is 18.2 Å². The molecule has 0 amide bonds. The van der Waals surface area contributed by atoms with Crippen LogP contribution in [0.3, 0.4) is 0 Å². The van der Waals surface area contributed by atoms with Gasteiger partial charge >= 0.3 is 0 Å². The maximum atomic E-state index is 5.62. The van der Waals surface area contributed by atoms with E-state index in [4.69, 9.17) is 23.1 Å². The summed E-state index contributed by atoms with van der Waals surface area (Å²) in [6.07, 6.45) is 0. The van der Waals surface area contributed by atoms with Gasteiger partial charge in [-0.05, 0) is 56.1 Å². The lowest BCUT2D eigenvalue weighted by molar-refractivity contribution is 1.29. The van der Waals surface area contributed by atoms with Gasteiger partial charge in [0.2, 0.25) is 0 Å². The molecule has 2 aromatic heterocycles. The van der Waals surface area contributed by atoms with Crippen molar-refractivity contribution in [2.75, 3.05) is 11.5 Å². The van der Waals surface area contributed by atoms with Crippen LogP contribution in [0.1, 0.15) is 7.43 Å². The Bertz CT molecular complexity index is 491. The smallest absolute Gasteiger partial charge is 0.127 e. The molecule has 0 atom stereocenters. The molecule has 0 unspecified atom stereocenters. The molecule has 0 spiro atoms. The number of nitrogens with two attached hydrogens (primary N) is 2. The zero-order chi connectivity index (χ0) is 12.8. The molecular weight excluding hydrogens is 383 g/mol. The van der Waals surface area contributed by atoms with E-state index in [0.717, 1.165) is 4.60 Å². The molecule has 18 heavy (non-hydrogen) atoms. The molecule has 0 aliphatic heterocycles. The highest BCUT2D eigenvalue weighted by Crippen LogP contribution is 2.19. The summed E-state index contributed by atoms with van der Waals surface area (Å²) in [5.41, 5.74) is 10.6. The van der Waals surface area contributed by atoms with Gasteiger partial charge in [0.05, 0.1) is 5.02 Å². The summed E-state index contributed by atoms with van der Waals surface area (Å²) >= 11 is 11.9. The summed E-state index contributed by atoms with van der Waals surface area (Å²) in [6.45, 7) is 0. The van der Waals surface area contributed by atoms with Crippen molar-refractivity contribution in [1.82, 2.24) is 9.97 Å². The second-order valence-electron chi connectivity index (χ2n) is 2.89. The Kier molecular flexibility index (Phi) is 7.90. The van der Waals surface area contributed by atoms with Gasteiger partial charge in [-0.25, -0.2) is 9.97 Å². The number of anilines is 2. The Hall–Kier alpha value is -0.850. The van der Waals surface area contributed by atoms with Crippen LogP contribution in [0.15, 0.2) is 39.5 Å². The van der Waals surface area contributed by atoms with E-state index in [2.05, 4.69) is 41.8 Å². The topological polar surface area (TPSA) is 77.8 Å². The molecule has 2 heterocycles. The highest BCUT2D eigenvalue weighted by Gasteiger charge is 1.95. The summed E-state index contributed by atoms with van der Waals surface area (Å²) in [5.74, 6) is 1.01. The van der Waals surface area contributed by atoms with Crippen LogP contribution >= 0.6 is 43.5 Å². The van der Waals surface area contributed by atoms with Crippen LogP contribution in [0.2, 0.25) is 5.02 Å². The number of pyridine rings is 2. The molecule has 7 heteroatoms. The van der Waals surface area contributed by atoms with Crippen LogP contribution < -0.4 is 11.5 Å². The number of hydrogen-bond donors (Lipinski definition) is 2. The van der Waals surface area contributed by atoms with Crippen LogP contribution in [-0.2, 0) is 0 Å². The summed E-state index contributed by atoms with van der Waals surface area (Å²) in [5, 5.41) is 0.573. The molecular formula is C11H13Br2ClN4. The van der Waals surface area contributed by atoms with Gasteiger partial charge in [0, 0.05) is 0 Å². The molecule has 4 nitrogen and oxygen atoms in total. The average Bonchev–Trinajstić information content (AvgIpc) is 2.24. The minimum atomic E-state index is 0. The Morgan fingerprint density at radius 1 is 0.944 bits per heavy atom. The average molecular weight is 397 g/mol. The molecule has 0 aromatic carbocycles. The lowest BCUT2D eigenvalue weighted by Crippen LogP contribution is -1.88. The van der Waals surface area contributed by atoms with E-state index in [1.165, 1.54) is 0 Å². The van der Waals surface area contributed by atoms with Gasteiger partial charge in [-0.3, -0.25) is 0 Å². The van der Waals surface area contributed by atoms with Gasteiger partial charge in [-0.15, -0.1) is 0 Å². The predicted molar refractivity (Wildman–Crippen MR) is 84.4 cm³/mol. The standard InChI is InChI=1S/C5H4BrClN2.C5H5BrN2.CH4/c6-5-3(7)1-2-4(8)9-5;6-4-2-1-3-5(7)8-4;/h1-2H,(H2,8,9);1-3H,(H2,7,8);1H4. The van der Waals surface area contributed by atoms with E-state index in [0.29, 0.717) is 21.3 Å². The maximum Gasteiger partial charge on any atom is 0.127 e. The first-order chi connectivity index (χ1) is 7.99. The molecule has 0 fully saturated rings. The third-order valence-electron chi connectivity index (χ3n) is 1.56. The van der Waals surface area contributed by atoms with Gasteiger partial charge in [0.1, 0.15) is 20.8 Å². The first-order valence-electron chi connectivity index (χ1n) is 4.44. The molecule has 0 aliphatic carbocycles. The fourth-order valence-electron chi connectivity index (χ4n) is 0.855. The van der Waals surface area contributed by atoms with Crippen LogP contribution in [0.25, 0.3) is 0 Å². The first kappa shape index (κ1) is 17.2. The van der Waals surface area contributed by atoms with Crippen molar-refractivity contribution in [2.45, 2.75) is 7.43 Å². The number of aromatic nitrogens is 2. The Labute approximate surface area is 128 Å². The number of nitrogens with zero attached hydrogens (tertiary/aromatic N) is 2. The predicted octanol–water partition coefficient (Wildman–Crippen LogP) is 4.14. The summed E-state index contributed by atoms with van der Waals surface area (Å²) in [7, 11) is 0. The number of hydrogen-bond acceptors (Lipinski definition) is 4. The van der Waals surface area contributed by atoms with Crippen molar-refractivity contribution in [2.24, 2.45) is 0 Å². The van der Waals surface area contributed by atoms with Crippen molar-refractivity contribution in [3.05, 3.63) is 44.6 Å². The number of rotatable bonds is 0. The van der Waals surface area contributed by atoms with Crippen LogP contribution in [0.4, 0.5) is 11.6 Å². The Morgan fingerprint density at radius 3 is 1.94 bits per heavy atom. The lowest BCUT2D eigenvalue weighted by Gasteiger charge is -1.93. The van der Waals surface area contributed by atoms with Crippen molar-refractivity contribution in [3.63, 3.8) is 0 Å². The molecule has 0 saturated carbocycles. The minimum Gasteiger partial charge on any atom is -0.384 e. The highest BCUT2D eigenvalue weighted by atomic mass is 79.9. The summed E-state index contributed by atoms with van der Waals surface area (Å²) in [6, 6.07) is 8.74. The summed E-state index contributed by atoms with van der Waals surface area (Å²) in [4.78, 5) is 7.70. The van der Waals surface area contributed by atoms with E-state index in [1.807, 2.05) is 12.1 Å². The Balaban J connectivity index is 0.000000306. The van der Waals surface area contributed by atoms with Crippen LogP contribution in [0, 0.1) is 0 Å². The normalized spacial score (nSPS) is 8.83. The zero-order valence-electron chi connectivity index (χ0n) is 8.57. The largest absolute Gasteiger partial charge is 0.384 e. The number of nitrogen functional groups attached to an aromatic ring is 2. The van der Waals surface area contributed by atoms with Gasteiger partial charge in [-0.1, -0.05) is 25.1 Å². The molecule has 2 aromatic rings. The third kappa shape index (κ3) is 6.18. The van der Waals surface area contributed by atoms with Crippen molar-refractivity contribution >= 4 is 55.1 Å². The molecule has 0 bridgehead atoms. The van der Waals surface area contributed by atoms with Crippen molar-refractivity contribution < 1.29 is 0 Å². The highest BCUT2D eigenvalue weighted by molar-refractivity contribution is 9.10. The molecule has 4 N–H and O–H groups in total. The van der Waals surface area contributed by atoms with Gasteiger partial charge in [0.25, 0.3) is 0 Å². The van der Waals surface area contributed by atoms with Gasteiger partial charge in [0.15, 0.2) is 0 Å². The fraction of sp³-hybridized carbons (Fsp3) is 0.0909. The van der Waals surface area contributed by atoms with Gasteiger partial charge < -0.3 is 11.5 Å². The minimum absolute atomic E-state index is 0. The second kappa shape index (κ2) is 8.29. The van der Waals surface area contributed by atoms with E-state index < -0.39 is 0 Å². The number of halogens is 3. The van der Waals surface area contributed by atoms with E-state index >= 15 is 0 Å².